The molecule has 0 atom stereocenters. The fourth-order valence-corrected chi connectivity index (χ4v) is 3.06. The van der Waals surface area contributed by atoms with Crippen molar-refractivity contribution in [2.24, 2.45) is 0 Å². The smallest absolute Gasteiger partial charge is 0.251 e. The maximum absolute atomic E-state index is 14.7. The summed E-state index contributed by atoms with van der Waals surface area (Å²) in [5, 5.41) is 5.37. The molecule has 0 radical (unpaired) electrons. The van der Waals surface area contributed by atoms with Gasteiger partial charge >= 0.3 is 0 Å². The van der Waals surface area contributed by atoms with Crippen LogP contribution in [0, 0.1) is 5.82 Å². The van der Waals surface area contributed by atoms with Gasteiger partial charge in [-0.25, -0.2) is 4.39 Å². The van der Waals surface area contributed by atoms with Gasteiger partial charge in [-0.05, 0) is 36.4 Å². The maximum Gasteiger partial charge on any atom is 0.251 e. The number of methoxy groups -OCH3 is 2. The average molecular weight is 451 g/mol. The molecule has 0 aliphatic carbocycles. The normalized spacial score (nSPS) is 10.3. The highest BCUT2D eigenvalue weighted by Gasteiger charge is 2.23. The third-order valence-electron chi connectivity index (χ3n) is 4.78. The number of hydrogen-bond donors (Lipinski definition) is 2. The van der Waals surface area contributed by atoms with Crippen LogP contribution in [-0.2, 0) is 0 Å². The Hall–Kier alpha value is -4.27. The lowest BCUT2D eigenvalue weighted by Crippen LogP contribution is -2.34. The van der Waals surface area contributed by atoms with Crippen LogP contribution in [0.5, 0.6) is 11.5 Å². The summed E-state index contributed by atoms with van der Waals surface area (Å²) in [6.07, 6.45) is 3.04. The molecule has 0 bridgehead atoms. The van der Waals surface area contributed by atoms with Gasteiger partial charge in [-0.1, -0.05) is 12.1 Å². The second kappa shape index (κ2) is 10.9. The van der Waals surface area contributed by atoms with Crippen LogP contribution in [0.25, 0.3) is 0 Å². The Morgan fingerprint density at radius 3 is 1.79 bits per heavy atom. The molecule has 3 rings (SSSR count). The minimum Gasteiger partial charge on any atom is -0.496 e. The van der Waals surface area contributed by atoms with Gasteiger partial charge in [0.1, 0.15) is 11.3 Å². The Morgan fingerprint density at radius 1 is 0.758 bits per heavy atom. The van der Waals surface area contributed by atoms with Crippen molar-refractivity contribution in [2.75, 3.05) is 27.3 Å². The topological polar surface area (TPSA) is 107 Å². The monoisotopic (exact) mass is 451 g/mol. The van der Waals surface area contributed by atoms with Gasteiger partial charge in [0.25, 0.3) is 11.8 Å². The highest BCUT2D eigenvalue weighted by molar-refractivity contribution is 6.11. The maximum atomic E-state index is 14.7. The molecule has 0 aliphatic rings. The minimum atomic E-state index is -0.822. The Labute approximate surface area is 189 Å². The van der Waals surface area contributed by atoms with Crippen molar-refractivity contribution < 1.29 is 28.2 Å². The number of rotatable bonds is 9. The van der Waals surface area contributed by atoms with E-state index in [0.717, 1.165) is 0 Å². The molecule has 170 valence electrons. The van der Waals surface area contributed by atoms with E-state index >= 15 is 0 Å². The Morgan fingerprint density at radius 2 is 1.24 bits per heavy atom. The number of nitrogens with one attached hydrogen (secondary N) is 2. The molecule has 2 N–H and O–H groups in total. The summed E-state index contributed by atoms with van der Waals surface area (Å²) in [7, 11) is 2.64. The van der Waals surface area contributed by atoms with Crippen molar-refractivity contribution >= 4 is 17.6 Å². The summed E-state index contributed by atoms with van der Waals surface area (Å²) in [5.41, 5.74) is 0.714. The van der Waals surface area contributed by atoms with Crippen LogP contribution in [0.2, 0.25) is 0 Å². The van der Waals surface area contributed by atoms with E-state index in [1.807, 2.05) is 0 Å². The zero-order valence-corrected chi connectivity index (χ0v) is 18.1. The summed E-state index contributed by atoms with van der Waals surface area (Å²) in [4.78, 5) is 41.0. The fraction of sp³-hybridized carbons (Fsp3) is 0.167. The first-order valence-electron chi connectivity index (χ1n) is 9.98. The lowest BCUT2D eigenvalue weighted by atomic mass is 10.00. The van der Waals surface area contributed by atoms with Crippen molar-refractivity contribution in [1.29, 1.82) is 0 Å². The van der Waals surface area contributed by atoms with Gasteiger partial charge in [-0.2, -0.15) is 0 Å². The number of halogens is 1. The first kappa shape index (κ1) is 23.4. The van der Waals surface area contributed by atoms with Gasteiger partial charge in [0.15, 0.2) is 17.3 Å². The lowest BCUT2D eigenvalue weighted by Gasteiger charge is -2.12. The van der Waals surface area contributed by atoms with Gasteiger partial charge in [0.2, 0.25) is 0 Å². The molecule has 9 heteroatoms. The summed E-state index contributed by atoms with van der Waals surface area (Å²) >= 11 is 0. The zero-order valence-electron chi connectivity index (χ0n) is 18.1. The molecule has 0 aliphatic heterocycles. The van der Waals surface area contributed by atoms with Crippen LogP contribution in [0.15, 0.2) is 60.9 Å². The first-order valence-corrected chi connectivity index (χ1v) is 9.98. The minimum absolute atomic E-state index is 0.0776. The number of benzene rings is 2. The number of ketones is 1. The summed E-state index contributed by atoms with van der Waals surface area (Å²) < 4.78 is 24.7. The van der Waals surface area contributed by atoms with E-state index in [1.165, 1.54) is 63.0 Å². The molecule has 3 aromatic rings. The average Bonchev–Trinajstić information content (AvgIpc) is 2.86. The highest BCUT2D eigenvalue weighted by atomic mass is 19.1. The number of hydrogen-bond acceptors (Lipinski definition) is 6. The quantitative estimate of drug-likeness (QED) is 0.383. The van der Waals surface area contributed by atoms with Gasteiger partial charge in [-0.15, -0.1) is 0 Å². The van der Waals surface area contributed by atoms with E-state index in [9.17, 15) is 18.8 Å². The summed E-state index contributed by atoms with van der Waals surface area (Å²) in [6.45, 7) is 0.445. The third kappa shape index (κ3) is 5.51. The number of carbonyl (C=O) groups is 3. The van der Waals surface area contributed by atoms with E-state index in [2.05, 4.69) is 15.6 Å². The lowest BCUT2D eigenvalue weighted by molar-refractivity contribution is 0.0927. The highest BCUT2D eigenvalue weighted by Crippen LogP contribution is 2.30. The Kier molecular flexibility index (Phi) is 7.69. The molecule has 2 amide bonds. The van der Waals surface area contributed by atoms with Crippen LogP contribution >= 0.6 is 0 Å². The molecule has 1 heterocycles. The predicted molar refractivity (Wildman–Crippen MR) is 118 cm³/mol. The van der Waals surface area contributed by atoms with E-state index in [0.29, 0.717) is 11.1 Å². The molecule has 2 aromatic carbocycles. The van der Waals surface area contributed by atoms with Crippen LogP contribution in [-0.4, -0.2) is 49.9 Å². The molecule has 1 aromatic heterocycles. The van der Waals surface area contributed by atoms with Crippen molar-refractivity contribution in [2.45, 2.75) is 0 Å². The van der Waals surface area contributed by atoms with Gasteiger partial charge in [0.05, 0.1) is 14.2 Å². The SMILES string of the molecule is COc1ccc(OC)c(C(=O)c2ccc(C(=O)NCCNC(=O)c3ccncc3)cc2)c1F. The second-order valence-corrected chi connectivity index (χ2v) is 6.81. The van der Waals surface area contributed by atoms with E-state index in [1.54, 1.807) is 12.1 Å². The largest absolute Gasteiger partial charge is 0.496 e. The van der Waals surface area contributed by atoms with Crippen molar-refractivity contribution in [3.8, 4) is 11.5 Å². The van der Waals surface area contributed by atoms with Crippen LogP contribution in [0.1, 0.15) is 36.6 Å². The molecule has 33 heavy (non-hydrogen) atoms. The molecular weight excluding hydrogens is 429 g/mol. The predicted octanol–water partition coefficient (Wildman–Crippen LogP) is 2.63. The van der Waals surface area contributed by atoms with Crippen LogP contribution in [0.4, 0.5) is 4.39 Å². The number of aromatic nitrogens is 1. The molecule has 8 nitrogen and oxygen atoms in total. The molecule has 0 unspecified atom stereocenters. The van der Waals surface area contributed by atoms with Crippen molar-refractivity contribution in [3.63, 3.8) is 0 Å². The van der Waals surface area contributed by atoms with E-state index in [-0.39, 0.29) is 47.5 Å². The van der Waals surface area contributed by atoms with Crippen molar-refractivity contribution in [1.82, 2.24) is 15.6 Å². The van der Waals surface area contributed by atoms with Gasteiger partial charge in [-0.3, -0.25) is 19.4 Å². The standard InChI is InChI=1S/C24H22FN3O5/c1-32-18-7-8-19(33-2)21(25)20(18)22(29)15-3-5-16(6-4-15)23(30)27-13-14-28-24(31)17-9-11-26-12-10-17/h3-12H,13-14H2,1-2H3,(H,27,30)(H,28,31). The van der Waals surface area contributed by atoms with E-state index in [4.69, 9.17) is 9.47 Å². The molecular formula is C24H22FN3O5. The van der Waals surface area contributed by atoms with Gasteiger partial charge < -0.3 is 20.1 Å². The number of nitrogens with zero attached hydrogens (tertiary/aromatic N) is 1. The first-order chi connectivity index (χ1) is 16.0. The molecule has 0 saturated heterocycles. The number of amides is 2. The number of ether oxygens (including phenoxy) is 2. The number of carbonyl (C=O) groups excluding carboxylic acids is 3. The van der Waals surface area contributed by atoms with Crippen LogP contribution in [0.3, 0.4) is 0 Å². The Balaban J connectivity index is 1.60. The van der Waals surface area contributed by atoms with Crippen molar-refractivity contribution in [3.05, 3.63) is 89.0 Å². The Bertz CT molecular complexity index is 1150. The second-order valence-electron chi connectivity index (χ2n) is 6.81. The third-order valence-corrected chi connectivity index (χ3v) is 4.78. The molecule has 0 fully saturated rings. The summed E-state index contributed by atoms with van der Waals surface area (Å²) in [5.74, 6) is -2.07. The molecule has 0 saturated carbocycles. The van der Waals surface area contributed by atoms with Gasteiger partial charge in [0, 0.05) is 42.2 Å². The number of pyridine rings is 1. The fourth-order valence-electron chi connectivity index (χ4n) is 3.06. The molecule has 0 spiro atoms. The zero-order chi connectivity index (χ0) is 23.8. The van der Waals surface area contributed by atoms with E-state index < -0.39 is 11.6 Å². The summed E-state index contributed by atoms with van der Waals surface area (Å²) in [6, 6.07) is 11.8. The van der Waals surface area contributed by atoms with Crippen LogP contribution < -0.4 is 20.1 Å².